The number of ether oxygens (including phenoxy) is 3. The van der Waals surface area contributed by atoms with Gasteiger partial charge in [0.15, 0.2) is 6.10 Å². The first-order valence-corrected chi connectivity index (χ1v) is 33.0. The summed E-state index contributed by atoms with van der Waals surface area (Å²) in [6.07, 6.45) is 77.2. The Kier molecular flexibility index (Phi) is 61.1. The van der Waals surface area contributed by atoms with Crippen molar-refractivity contribution in [3.05, 3.63) is 36.5 Å². The Balaban J connectivity index is 4.34. The maximum Gasteiger partial charge on any atom is 0.306 e. The number of hydrogen-bond donors (Lipinski definition) is 0. The molecule has 74 heavy (non-hydrogen) atoms. The Morgan fingerprint density at radius 3 is 0.784 bits per heavy atom. The Morgan fingerprint density at radius 2 is 0.486 bits per heavy atom. The van der Waals surface area contributed by atoms with Gasteiger partial charge >= 0.3 is 17.9 Å². The Labute approximate surface area is 461 Å². The average molecular weight is 1040 g/mol. The van der Waals surface area contributed by atoms with Crippen molar-refractivity contribution in [1.82, 2.24) is 0 Å². The lowest BCUT2D eigenvalue weighted by Gasteiger charge is -2.18. The maximum absolute atomic E-state index is 12.9. The molecule has 0 rings (SSSR count). The Hall–Kier alpha value is -2.37. The molecular weight excluding hydrogens is 913 g/mol. The van der Waals surface area contributed by atoms with Crippen molar-refractivity contribution in [2.45, 2.75) is 367 Å². The van der Waals surface area contributed by atoms with Gasteiger partial charge in [-0.2, -0.15) is 0 Å². The number of rotatable bonds is 61. The van der Waals surface area contributed by atoms with Gasteiger partial charge in [-0.05, 0) is 70.6 Å². The van der Waals surface area contributed by atoms with Crippen molar-refractivity contribution in [3.8, 4) is 0 Å². The van der Waals surface area contributed by atoms with Crippen LogP contribution in [0.4, 0.5) is 0 Å². The summed E-state index contributed by atoms with van der Waals surface area (Å²) in [5, 5.41) is 0. The fraction of sp³-hybridized carbons (Fsp3) is 0.868. The molecule has 0 radical (unpaired) electrons. The van der Waals surface area contributed by atoms with E-state index in [9.17, 15) is 14.4 Å². The molecule has 0 heterocycles. The normalized spacial score (nSPS) is 12.2. The van der Waals surface area contributed by atoms with E-state index in [-0.39, 0.29) is 31.1 Å². The molecule has 0 saturated carbocycles. The van der Waals surface area contributed by atoms with Crippen molar-refractivity contribution in [3.63, 3.8) is 0 Å². The van der Waals surface area contributed by atoms with Gasteiger partial charge in [-0.15, -0.1) is 0 Å². The van der Waals surface area contributed by atoms with Crippen molar-refractivity contribution in [2.75, 3.05) is 13.2 Å². The van der Waals surface area contributed by atoms with E-state index < -0.39 is 6.10 Å². The summed E-state index contributed by atoms with van der Waals surface area (Å²) in [4.78, 5) is 38.4. The molecule has 434 valence electrons. The number of hydrogen-bond acceptors (Lipinski definition) is 6. The van der Waals surface area contributed by atoms with Crippen LogP contribution in [0.1, 0.15) is 361 Å². The second kappa shape index (κ2) is 63.2. The lowest BCUT2D eigenvalue weighted by atomic mass is 10.0. The molecule has 0 aromatic heterocycles. The molecule has 6 nitrogen and oxygen atoms in total. The molecule has 6 heteroatoms. The first-order chi connectivity index (χ1) is 36.5. The summed E-state index contributed by atoms with van der Waals surface area (Å²) >= 11 is 0. The second-order valence-electron chi connectivity index (χ2n) is 22.4. The predicted molar refractivity (Wildman–Crippen MR) is 321 cm³/mol. The summed E-state index contributed by atoms with van der Waals surface area (Å²) in [7, 11) is 0. The maximum atomic E-state index is 12.9. The topological polar surface area (TPSA) is 78.9 Å². The molecule has 0 N–H and O–H groups in total. The van der Waals surface area contributed by atoms with Crippen LogP contribution in [0.3, 0.4) is 0 Å². The largest absolute Gasteiger partial charge is 0.462 e. The lowest BCUT2D eigenvalue weighted by Crippen LogP contribution is -2.30. The Morgan fingerprint density at radius 1 is 0.270 bits per heavy atom. The quantitative estimate of drug-likeness (QED) is 0.0199. The second-order valence-corrected chi connectivity index (χ2v) is 22.4. The van der Waals surface area contributed by atoms with Crippen LogP contribution in [0.25, 0.3) is 0 Å². The first kappa shape index (κ1) is 71.6. The number of carbonyl (C=O) groups is 3. The Bertz CT molecular complexity index is 1240. The zero-order valence-corrected chi connectivity index (χ0v) is 49.9. The summed E-state index contributed by atoms with van der Waals surface area (Å²) in [5.41, 5.74) is 0. The highest BCUT2D eigenvalue weighted by Gasteiger charge is 2.19. The summed E-state index contributed by atoms with van der Waals surface area (Å²) in [5.74, 6) is -0.852. The van der Waals surface area contributed by atoms with Gasteiger partial charge in [-0.1, -0.05) is 308 Å². The monoisotopic (exact) mass is 1040 g/mol. The smallest absolute Gasteiger partial charge is 0.306 e. The molecule has 1 atom stereocenters. The molecule has 0 aliphatic carbocycles. The van der Waals surface area contributed by atoms with Gasteiger partial charge in [0, 0.05) is 19.3 Å². The number of allylic oxidation sites excluding steroid dienone is 6. The van der Waals surface area contributed by atoms with E-state index in [1.165, 1.54) is 263 Å². The van der Waals surface area contributed by atoms with E-state index >= 15 is 0 Å². The van der Waals surface area contributed by atoms with Gasteiger partial charge in [0.25, 0.3) is 0 Å². The molecule has 0 fully saturated rings. The summed E-state index contributed by atoms with van der Waals surface area (Å²) in [6, 6.07) is 0. The van der Waals surface area contributed by atoms with Gasteiger partial charge in [0.05, 0.1) is 0 Å². The van der Waals surface area contributed by atoms with Crippen LogP contribution in [0.5, 0.6) is 0 Å². The van der Waals surface area contributed by atoms with E-state index in [1.807, 2.05) is 0 Å². The molecule has 0 aliphatic heterocycles. The zero-order valence-electron chi connectivity index (χ0n) is 49.9. The average Bonchev–Trinajstić information content (AvgIpc) is 3.40. The summed E-state index contributed by atoms with van der Waals surface area (Å²) in [6.45, 7) is 6.67. The fourth-order valence-electron chi connectivity index (χ4n) is 9.90. The van der Waals surface area contributed by atoms with Crippen LogP contribution in [-0.2, 0) is 28.6 Å². The molecule has 0 saturated heterocycles. The number of unbranched alkanes of at least 4 members (excludes halogenated alkanes) is 45. The van der Waals surface area contributed by atoms with E-state index in [1.54, 1.807) is 0 Å². The standard InChI is InChI=1S/C68H126O6/c1-4-7-10-13-16-19-22-25-28-31-34-37-40-43-46-49-52-55-58-61-67(70)73-64-65(63-72-66(69)60-57-54-51-48-45-42-39-36-33-30-27-24-21-18-15-12-9-6-3)74-68(71)62-59-56-53-50-47-44-41-38-35-32-29-26-23-20-17-14-11-8-5-2/h16,19,22,25,32,35,65H,4-15,17-18,20-21,23-24,26-31,33-34,36-64H2,1-3H3/b19-16-,25-22-,35-32-. The van der Waals surface area contributed by atoms with Crippen LogP contribution in [-0.4, -0.2) is 37.2 Å². The minimum Gasteiger partial charge on any atom is -0.462 e. The lowest BCUT2D eigenvalue weighted by molar-refractivity contribution is -0.167. The van der Waals surface area contributed by atoms with Gasteiger partial charge < -0.3 is 14.2 Å². The van der Waals surface area contributed by atoms with E-state index in [2.05, 4.69) is 57.2 Å². The van der Waals surface area contributed by atoms with Crippen LogP contribution in [0, 0.1) is 0 Å². The molecule has 0 aliphatic rings. The van der Waals surface area contributed by atoms with Crippen molar-refractivity contribution in [1.29, 1.82) is 0 Å². The zero-order chi connectivity index (χ0) is 53.6. The highest BCUT2D eigenvalue weighted by atomic mass is 16.6. The van der Waals surface area contributed by atoms with Crippen molar-refractivity contribution >= 4 is 17.9 Å². The number of esters is 3. The SMILES string of the molecule is CCCCC/C=C\C=C/CCCCCCCCCCCCC(=O)OCC(COC(=O)CCCCCCCCCCCCCCCCCCCC)OC(=O)CCCCCCCCC/C=C\CCCCCCCCCC. The molecule has 0 aromatic carbocycles. The molecule has 0 bridgehead atoms. The van der Waals surface area contributed by atoms with Crippen LogP contribution in [0.15, 0.2) is 36.5 Å². The molecule has 0 aromatic rings. The molecule has 0 spiro atoms. The van der Waals surface area contributed by atoms with Crippen molar-refractivity contribution in [2.24, 2.45) is 0 Å². The van der Waals surface area contributed by atoms with Crippen LogP contribution < -0.4 is 0 Å². The van der Waals surface area contributed by atoms with Crippen LogP contribution in [0.2, 0.25) is 0 Å². The number of carbonyl (C=O) groups excluding carboxylic acids is 3. The van der Waals surface area contributed by atoms with Gasteiger partial charge in [0.1, 0.15) is 13.2 Å². The first-order valence-electron chi connectivity index (χ1n) is 33.0. The van der Waals surface area contributed by atoms with Gasteiger partial charge in [0.2, 0.25) is 0 Å². The van der Waals surface area contributed by atoms with Gasteiger partial charge in [-0.25, -0.2) is 0 Å². The minimum absolute atomic E-state index is 0.0703. The van der Waals surface area contributed by atoms with E-state index in [4.69, 9.17) is 14.2 Å². The molecule has 1 unspecified atom stereocenters. The molecule has 0 amide bonds. The third kappa shape index (κ3) is 60.5. The third-order valence-corrected chi connectivity index (χ3v) is 14.9. The van der Waals surface area contributed by atoms with Crippen LogP contribution >= 0.6 is 0 Å². The van der Waals surface area contributed by atoms with Gasteiger partial charge in [-0.3, -0.25) is 14.4 Å². The highest BCUT2D eigenvalue weighted by molar-refractivity contribution is 5.71. The van der Waals surface area contributed by atoms with E-state index in [0.717, 1.165) is 57.8 Å². The minimum atomic E-state index is -0.774. The van der Waals surface area contributed by atoms with E-state index in [0.29, 0.717) is 19.3 Å². The third-order valence-electron chi connectivity index (χ3n) is 14.9. The fourth-order valence-corrected chi connectivity index (χ4v) is 9.90. The predicted octanol–water partition coefficient (Wildman–Crippen LogP) is 22.4. The highest BCUT2D eigenvalue weighted by Crippen LogP contribution is 2.18. The summed E-state index contributed by atoms with van der Waals surface area (Å²) < 4.78 is 17.0. The van der Waals surface area contributed by atoms with Crippen molar-refractivity contribution < 1.29 is 28.6 Å². The molecular formula is C68H126O6.